The summed E-state index contributed by atoms with van der Waals surface area (Å²) in [5.41, 5.74) is 6.58. The Morgan fingerprint density at radius 1 is 1.42 bits per heavy atom. The van der Waals surface area contributed by atoms with Crippen LogP contribution in [0.5, 0.6) is 0 Å². The van der Waals surface area contributed by atoms with Gasteiger partial charge in [0.25, 0.3) is 0 Å². The van der Waals surface area contributed by atoms with Crippen LogP contribution < -0.4 is 10.6 Å². The van der Waals surface area contributed by atoms with Crippen molar-refractivity contribution in [1.82, 2.24) is 24.1 Å². The number of rotatable bonds is 5. The average Bonchev–Trinajstić information content (AvgIpc) is 2.86. The summed E-state index contributed by atoms with van der Waals surface area (Å²) in [7, 11) is -1.33. The SMILES string of the molecule is Cn1cc(N(CC2CN(S(C)(=O)=O)C2)c2ncc(Cl)c(N)n2)cn1. The van der Waals surface area contributed by atoms with E-state index in [1.54, 1.807) is 10.9 Å². The lowest BCUT2D eigenvalue weighted by Crippen LogP contribution is -2.53. The van der Waals surface area contributed by atoms with E-state index >= 15 is 0 Å². The molecule has 0 aliphatic carbocycles. The third-order valence-electron chi connectivity index (χ3n) is 3.84. The molecule has 0 atom stereocenters. The van der Waals surface area contributed by atoms with Crippen LogP contribution in [0.1, 0.15) is 0 Å². The van der Waals surface area contributed by atoms with E-state index in [1.165, 1.54) is 16.8 Å². The van der Waals surface area contributed by atoms with E-state index in [9.17, 15) is 8.42 Å². The van der Waals surface area contributed by atoms with Gasteiger partial charge < -0.3 is 10.6 Å². The third kappa shape index (κ3) is 3.45. The molecule has 2 N–H and O–H groups in total. The van der Waals surface area contributed by atoms with Crippen LogP contribution in [0.25, 0.3) is 0 Å². The van der Waals surface area contributed by atoms with Crippen LogP contribution in [0.4, 0.5) is 17.5 Å². The summed E-state index contributed by atoms with van der Waals surface area (Å²) in [5.74, 6) is 0.769. The van der Waals surface area contributed by atoms with E-state index in [0.717, 1.165) is 5.69 Å². The zero-order valence-corrected chi connectivity index (χ0v) is 14.9. The number of sulfonamides is 1. The van der Waals surface area contributed by atoms with Crippen molar-refractivity contribution >= 4 is 39.1 Å². The lowest BCUT2D eigenvalue weighted by atomic mass is 10.0. The van der Waals surface area contributed by atoms with Crippen LogP contribution in [-0.2, 0) is 17.1 Å². The van der Waals surface area contributed by atoms with Gasteiger partial charge >= 0.3 is 0 Å². The van der Waals surface area contributed by atoms with Gasteiger partial charge in [-0.2, -0.15) is 10.1 Å². The van der Waals surface area contributed by atoms with Crippen molar-refractivity contribution in [1.29, 1.82) is 0 Å². The summed E-state index contributed by atoms with van der Waals surface area (Å²) in [6, 6.07) is 0. The predicted molar refractivity (Wildman–Crippen MR) is 91.6 cm³/mol. The number of aryl methyl sites for hydroxylation is 1. The first kappa shape index (κ1) is 16.9. The zero-order chi connectivity index (χ0) is 17.5. The maximum Gasteiger partial charge on any atom is 0.232 e. The van der Waals surface area contributed by atoms with E-state index in [-0.39, 0.29) is 16.8 Å². The van der Waals surface area contributed by atoms with Crippen LogP contribution in [-0.4, -0.2) is 58.4 Å². The monoisotopic (exact) mass is 371 g/mol. The predicted octanol–water partition coefficient (Wildman–Crippen LogP) is 0.475. The lowest BCUT2D eigenvalue weighted by Gasteiger charge is -2.39. The van der Waals surface area contributed by atoms with E-state index in [4.69, 9.17) is 17.3 Å². The number of hydrogen-bond acceptors (Lipinski definition) is 7. The number of hydrogen-bond donors (Lipinski definition) is 1. The van der Waals surface area contributed by atoms with Gasteiger partial charge in [0.2, 0.25) is 16.0 Å². The molecular formula is C13H18ClN7O2S. The van der Waals surface area contributed by atoms with Crippen LogP contribution >= 0.6 is 11.6 Å². The van der Waals surface area contributed by atoms with Gasteiger partial charge in [0, 0.05) is 38.8 Å². The van der Waals surface area contributed by atoms with Crippen LogP contribution in [0, 0.1) is 5.92 Å². The number of nitrogens with two attached hydrogens (primary N) is 1. The highest BCUT2D eigenvalue weighted by molar-refractivity contribution is 7.88. The molecule has 0 radical (unpaired) electrons. The van der Waals surface area contributed by atoms with Crippen molar-refractivity contribution in [2.24, 2.45) is 13.0 Å². The summed E-state index contributed by atoms with van der Waals surface area (Å²) in [6.45, 7) is 1.50. The fourth-order valence-corrected chi connectivity index (χ4v) is 3.57. The minimum absolute atomic E-state index is 0.167. The Morgan fingerprint density at radius 2 is 2.12 bits per heavy atom. The van der Waals surface area contributed by atoms with Crippen molar-refractivity contribution < 1.29 is 8.42 Å². The Bertz CT molecular complexity index is 848. The Labute approximate surface area is 145 Å². The van der Waals surface area contributed by atoms with Crippen LogP contribution in [0.15, 0.2) is 18.6 Å². The van der Waals surface area contributed by atoms with E-state index in [0.29, 0.717) is 25.6 Å². The summed E-state index contributed by atoms with van der Waals surface area (Å²) in [5, 5.41) is 4.45. The molecular weight excluding hydrogens is 354 g/mol. The van der Waals surface area contributed by atoms with Gasteiger partial charge in [-0.05, 0) is 0 Å². The molecule has 24 heavy (non-hydrogen) atoms. The summed E-state index contributed by atoms with van der Waals surface area (Å²) >= 11 is 5.89. The molecule has 0 unspecified atom stereocenters. The van der Waals surface area contributed by atoms with Gasteiger partial charge in [-0.1, -0.05) is 11.6 Å². The maximum atomic E-state index is 11.5. The quantitative estimate of drug-likeness (QED) is 0.813. The van der Waals surface area contributed by atoms with E-state index in [1.807, 2.05) is 18.1 Å². The molecule has 2 aromatic heterocycles. The number of halogens is 1. The topological polar surface area (TPSA) is 110 Å². The largest absolute Gasteiger partial charge is 0.382 e. The molecule has 1 fully saturated rings. The first-order chi connectivity index (χ1) is 11.2. The third-order valence-corrected chi connectivity index (χ3v) is 5.36. The smallest absolute Gasteiger partial charge is 0.232 e. The number of nitrogens with zero attached hydrogens (tertiary/aromatic N) is 6. The van der Waals surface area contributed by atoms with Gasteiger partial charge in [0.1, 0.15) is 10.8 Å². The second-order valence-electron chi connectivity index (χ2n) is 5.83. The molecule has 0 spiro atoms. The van der Waals surface area contributed by atoms with Crippen molar-refractivity contribution in [3.8, 4) is 0 Å². The Hall–Kier alpha value is -1.91. The normalized spacial score (nSPS) is 16.1. The van der Waals surface area contributed by atoms with E-state index in [2.05, 4.69) is 15.1 Å². The molecule has 0 aromatic carbocycles. The molecule has 1 aliphatic rings. The van der Waals surface area contributed by atoms with Gasteiger partial charge in [0.15, 0.2) is 0 Å². The Kier molecular flexibility index (Phi) is 4.37. The number of nitrogen functional groups attached to an aromatic ring is 1. The summed E-state index contributed by atoms with van der Waals surface area (Å²) in [6.07, 6.45) is 6.19. The van der Waals surface area contributed by atoms with Gasteiger partial charge in [-0.15, -0.1) is 0 Å². The first-order valence-electron chi connectivity index (χ1n) is 7.23. The molecule has 0 bridgehead atoms. The molecule has 3 rings (SSSR count). The molecule has 0 amide bonds. The molecule has 11 heteroatoms. The van der Waals surface area contributed by atoms with Crippen molar-refractivity contribution in [2.75, 3.05) is 36.5 Å². The standard InChI is InChI=1S/C13H18ClN7O2S/c1-19-8-10(3-17-19)21(13-16-4-11(14)12(15)18-13)7-9-5-20(6-9)24(2,22)23/h3-4,8-9H,5-7H2,1-2H3,(H2,15,16,18). The molecule has 1 saturated heterocycles. The second-order valence-corrected chi connectivity index (χ2v) is 8.22. The first-order valence-corrected chi connectivity index (χ1v) is 9.46. The fourth-order valence-electron chi connectivity index (χ4n) is 2.52. The highest BCUT2D eigenvalue weighted by atomic mass is 35.5. The average molecular weight is 372 g/mol. The van der Waals surface area contributed by atoms with Crippen LogP contribution in [0.2, 0.25) is 5.02 Å². The molecule has 2 aromatic rings. The van der Waals surface area contributed by atoms with Crippen molar-refractivity contribution in [3.63, 3.8) is 0 Å². The van der Waals surface area contributed by atoms with Crippen molar-refractivity contribution in [3.05, 3.63) is 23.6 Å². The van der Waals surface area contributed by atoms with Gasteiger partial charge in [-0.3, -0.25) is 4.68 Å². The van der Waals surface area contributed by atoms with E-state index < -0.39 is 10.0 Å². The Morgan fingerprint density at radius 3 is 2.67 bits per heavy atom. The minimum Gasteiger partial charge on any atom is -0.382 e. The molecule has 0 saturated carbocycles. The van der Waals surface area contributed by atoms with Crippen LogP contribution in [0.3, 0.4) is 0 Å². The highest BCUT2D eigenvalue weighted by Gasteiger charge is 2.35. The molecule has 1 aliphatic heterocycles. The molecule has 9 nitrogen and oxygen atoms in total. The van der Waals surface area contributed by atoms with Crippen molar-refractivity contribution in [2.45, 2.75) is 0 Å². The summed E-state index contributed by atoms with van der Waals surface area (Å²) in [4.78, 5) is 10.3. The number of aromatic nitrogens is 4. The summed E-state index contributed by atoms with van der Waals surface area (Å²) < 4.78 is 26.1. The highest BCUT2D eigenvalue weighted by Crippen LogP contribution is 2.28. The van der Waals surface area contributed by atoms with Gasteiger partial charge in [0.05, 0.1) is 24.3 Å². The second kappa shape index (κ2) is 6.19. The Balaban J connectivity index is 1.83. The lowest BCUT2D eigenvalue weighted by molar-refractivity contribution is 0.208. The molecule has 3 heterocycles. The minimum atomic E-state index is -3.14. The number of anilines is 3. The molecule has 130 valence electrons. The fraction of sp³-hybridized carbons (Fsp3) is 0.462. The zero-order valence-electron chi connectivity index (χ0n) is 13.3. The van der Waals surface area contributed by atoms with Gasteiger partial charge in [-0.25, -0.2) is 17.7 Å². The maximum absolute atomic E-state index is 11.5.